The van der Waals surface area contributed by atoms with Crippen LogP contribution in [-0.2, 0) is 0 Å². The molecule has 26 heavy (non-hydrogen) atoms. The number of carbonyl (C=O) groups is 1. The molecule has 3 aromatic heterocycles. The second-order valence-corrected chi connectivity index (χ2v) is 8.40. The molecule has 0 radical (unpaired) electrons. The molecule has 1 amide bonds. The van der Waals surface area contributed by atoms with Crippen LogP contribution >= 0.6 is 22.7 Å². The summed E-state index contributed by atoms with van der Waals surface area (Å²) < 4.78 is 0. The van der Waals surface area contributed by atoms with Crippen LogP contribution in [0.1, 0.15) is 36.7 Å². The number of hydrogen-bond donors (Lipinski definition) is 2. The van der Waals surface area contributed by atoms with Gasteiger partial charge in [0.25, 0.3) is 5.91 Å². The number of carbonyl (C=O) groups excluding carboxylic acids is 1. The van der Waals surface area contributed by atoms with Gasteiger partial charge in [0.15, 0.2) is 0 Å². The van der Waals surface area contributed by atoms with Crippen molar-refractivity contribution in [2.75, 3.05) is 6.54 Å². The highest BCUT2D eigenvalue weighted by Gasteiger charge is 2.21. The van der Waals surface area contributed by atoms with Gasteiger partial charge in [0, 0.05) is 34.4 Å². The van der Waals surface area contributed by atoms with Crippen LogP contribution in [0.2, 0.25) is 0 Å². The highest BCUT2D eigenvalue weighted by atomic mass is 32.1. The molecule has 6 heteroatoms. The van der Waals surface area contributed by atoms with Gasteiger partial charge in [0.1, 0.15) is 4.88 Å². The van der Waals surface area contributed by atoms with Crippen LogP contribution < -0.4 is 5.32 Å². The van der Waals surface area contributed by atoms with Crippen LogP contribution in [0.4, 0.5) is 0 Å². The average Bonchev–Trinajstić information content (AvgIpc) is 3.36. The summed E-state index contributed by atoms with van der Waals surface area (Å²) in [4.78, 5) is 22.3. The fourth-order valence-electron chi connectivity index (χ4n) is 3.25. The van der Waals surface area contributed by atoms with Gasteiger partial charge in [0.05, 0.1) is 10.7 Å². The maximum absolute atomic E-state index is 12.6. The molecule has 0 bridgehead atoms. The van der Waals surface area contributed by atoms with Gasteiger partial charge >= 0.3 is 0 Å². The first-order chi connectivity index (χ1) is 12.6. The Bertz CT molecular complexity index is 1050. The lowest BCUT2D eigenvalue weighted by Gasteiger charge is -2.16. The molecular formula is C20H19N3OS2. The summed E-state index contributed by atoms with van der Waals surface area (Å²) >= 11 is 3.16. The number of H-pyrrole nitrogens is 1. The van der Waals surface area contributed by atoms with Gasteiger partial charge in [0.2, 0.25) is 0 Å². The van der Waals surface area contributed by atoms with Crippen molar-refractivity contribution in [3.63, 3.8) is 0 Å². The number of aromatic nitrogens is 2. The number of benzene rings is 1. The lowest BCUT2D eigenvalue weighted by molar-refractivity contribution is 0.0956. The highest BCUT2D eigenvalue weighted by Crippen LogP contribution is 2.33. The first-order valence-corrected chi connectivity index (χ1v) is 10.1. The number of nitrogens with zero attached hydrogens (tertiary/aromatic N) is 1. The van der Waals surface area contributed by atoms with Crippen LogP contribution in [0.25, 0.3) is 10.9 Å². The number of nitrogens with one attached hydrogen (secondary N) is 2. The molecule has 132 valence electrons. The van der Waals surface area contributed by atoms with E-state index in [9.17, 15) is 4.79 Å². The second kappa shape index (κ2) is 7.05. The first kappa shape index (κ1) is 17.0. The number of thiazole rings is 1. The van der Waals surface area contributed by atoms with E-state index in [4.69, 9.17) is 0 Å². The van der Waals surface area contributed by atoms with Crippen molar-refractivity contribution in [2.45, 2.75) is 19.8 Å². The van der Waals surface area contributed by atoms with Crippen molar-refractivity contribution in [3.8, 4) is 0 Å². The van der Waals surface area contributed by atoms with E-state index in [0.717, 1.165) is 16.2 Å². The molecule has 4 nitrogen and oxygen atoms in total. The summed E-state index contributed by atoms with van der Waals surface area (Å²) in [5.74, 6) is 0.0684. The Morgan fingerprint density at radius 3 is 2.81 bits per heavy atom. The van der Waals surface area contributed by atoms with Crippen LogP contribution in [0, 0.1) is 13.8 Å². The maximum atomic E-state index is 12.6. The lowest BCUT2D eigenvalue weighted by atomic mass is 9.96. The third kappa shape index (κ3) is 3.18. The number of para-hydroxylation sites is 1. The number of amides is 1. The second-order valence-electron chi connectivity index (χ2n) is 6.22. The van der Waals surface area contributed by atoms with E-state index < -0.39 is 0 Å². The van der Waals surface area contributed by atoms with Crippen molar-refractivity contribution in [2.24, 2.45) is 0 Å². The van der Waals surface area contributed by atoms with Crippen LogP contribution in [0.5, 0.6) is 0 Å². The molecule has 1 atom stereocenters. The Morgan fingerprint density at radius 2 is 2.08 bits per heavy atom. The number of thiophene rings is 1. The number of aryl methyl sites for hydroxylation is 2. The van der Waals surface area contributed by atoms with Crippen molar-refractivity contribution >= 4 is 39.5 Å². The van der Waals surface area contributed by atoms with Crippen molar-refractivity contribution in [3.05, 3.63) is 74.0 Å². The maximum Gasteiger partial charge on any atom is 0.263 e. The Labute approximate surface area is 159 Å². The highest BCUT2D eigenvalue weighted by molar-refractivity contribution is 7.13. The van der Waals surface area contributed by atoms with E-state index in [1.807, 2.05) is 26.0 Å². The summed E-state index contributed by atoms with van der Waals surface area (Å²) in [6.07, 6.45) is 2.06. The third-order valence-corrected chi connectivity index (χ3v) is 6.52. The number of hydrogen-bond acceptors (Lipinski definition) is 4. The minimum atomic E-state index is -0.0468. The Morgan fingerprint density at radius 1 is 1.23 bits per heavy atom. The topological polar surface area (TPSA) is 57.8 Å². The van der Waals surface area contributed by atoms with E-state index in [-0.39, 0.29) is 11.8 Å². The number of fused-ring (bicyclic) bond motifs is 1. The molecule has 0 aliphatic rings. The molecule has 0 aliphatic carbocycles. The molecule has 0 aliphatic heterocycles. The normalized spacial score (nSPS) is 12.4. The summed E-state index contributed by atoms with van der Waals surface area (Å²) in [5, 5.41) is 7.31. The van der Waals surface area contributed by atoms with Gasteiger partial charge in [-0.05, 0) is 36.9 Å². The van der Waals surface area contributed by atoms with E-state index >= 15 is 0 Å². The summed E-state index contributed by atoms with van der Waals surface area (Å²) in [5.41, 5.74) is 3.12. The molecule has 0 saturated heterocycles. The van der Waals surface area contributed by atoms with Crippen LogP contribution in [-0.4, -0.2) is 22.4 Å². The molecule has 1 aromatic carbocycles. The zero-order chi connectivity index (χ0) is 18.1. The SMILES string of the molecule is Cc1nc(C)c(C(=O)NCC(c2cccs2)c2c[nH]c3ccccc23)s1. The fraction of sp³-hybridized carbons (Fsp3) is 0.200. The quantitative estimate of drug-likeness (QED) is 0.518. The first-order valence-electron chi connectivity index (χ1n) is 8.45. The molecule has 0 spiro atoms. The van der Waals surface area contributed by atoms with Gasteiger partial charge in [-0.2, -0.15) is 0 Å². The summed E-state index contributed by atoms with van der Waals surface area (Å²) in [6.45, 7) is 4.36. The third-order valence-electron chi connectivity index (χ3n) is 4.46. The van der Waals surface area contributed by atoms with E-state index in [2.05, 4.69) is 51.1 Å². The summed E-state index contributed by atoms with van der Waals surface area (Å²) in [7, 11) is 0. The number of rotatable bonds is 5. The van der Waals surface area contributed by atoms with Crippen LogP contribution in [0.15, 0.2) is 48.0 Å². The van der Waals surface area contributed by atoms with Gasteiger partial charge in [-0.1, -0.05) is 24.3 Å². The van der Waals surface area contributed by atoms with Gasteiger partial charge in [-0.25, -0.2) is 4.98 Å². The molecule has 1 unspecified atom stereocenters. The zero-order valence-corrected chi connectivity index (χ0v) is 16.2. The zero-order valence-electron chi connectivity index (χ0n) is 14.6. The van der Waals surface area contributed by atoms with Crippen molar-refractivity contribution in [1.29, 1.82) is 0 Å². The molecule has 4 aromatic rings. The molecular weight excluding hydrogens is 362 g/mol. The standard InChI is InChI=1S/C20H19N3OS2/c1-12-19(26-13(2)23-12)20(24)22-11-16(18-8-5-9-25-18)15-10-21-17-7-4-3-6-14(15)17/h3-10,16,21H,11H2,1-2H3,(H,22,24). The predicted molar refractivity (Wildman–Crippen MR) is 108 cm³/mol. The molecule has 0 fully saturated rings. The molecule has 0 saturated carbocycles. The Balaban J connectivity index is 1.63. The Hall–Kier alpha value is -2.44. The van der Waals surface area contributed by atoms with Gasteiger partial charge < -0.3 is 10.3 Å². The Kier molecular flexibility index (Phi) is 4.61. The monoisotopic (exact) mass is 381 g/mol. The predicted octanol–water partition coefficient (Wildman–Crippen LogP) is 4.86. The van der Waals surface area contributed by atoms with E-state index in [0.29, 0.717) is 11.4 Å². The minimum Gasteiger partial charge on any atom is -0.361 e. The minimum absolute atomic E-state index is 0.0468. The van der Waals surface area contributed by atoms with Gasteiger partial charge in [-0.15, -0.1) is 22.7 Å². The van der Waals surface area contributed by atoms with Crippen molar-refractivity contribution < 1.29 is 4.79 Å². The van der Waals surface area contributed by atoms with Gasteiger partial charge in [-0.3, -0.25) is 4.79 Å². The van der Waals surface area contributed by atoms with E-state index in [1.54, 1.807) is 11.3 Å². The fourth-order valence-corrected chi connectivity index (χ4v) is 4.93. The summed E-state index contributed by atoms with van der Waals surface area (Å²) in [6, 6.07) is 12.5. The van der Waals surface area contributed by atoms with Crippen LogP contribution in [0.3, 0.4) is 0 Å². The molecule has 3 heterocycles. The van der Waals surface area contributed by atoms with Crippen molar-refractivity contribution in [1.82, 2.24) is 15.3 Å². The average molecular weight is 382 g/mol. The number of aromatic amines is 1. The largest absolute Gasteiger partial charge is 0.361 e. The molecule has 2 N–H and O–H groups in total. The lowest BCUT2D eigenvalue weighted by Crippen LogP contribution is -2.28. The van der Waals surface area contributed by atoms with E-state index in [1.165, 1.54) is 27.2 Å². The smallest absolute Gasteiger partial charge is 0.263 e. The molecule has 4 rings (SSSR count).